The summed E-state index contributed by atoms with van der Waals surface area (Å²) in [4.78, 5) is 18.1. The lowest BCUT2D eigenvalue weighted by atomic mass is 9.74. The number of aliphatic carboxylic acids is 1. The van der Waals surface area contributed by atoms with E-state index >= 15 is 0 Å². The SMILES string of the molecule is O=C(O)CCc1ccc(/C(=C(\c2ncccc2Cl)C2CCC2)c2ccc(N3CCOCC3)cc2)cc1. The summed E-state index contributed by atoms with van der Waals surface area (Å²) in [5, 5.41) is 9.73. The maximum atomic E-state index is 11.0. The fourth-order valence-corrected chi connectivity index (χ4v) is 5.25. The zero-order valence-corrected chi connectivity index (χ0v) is 21.1. The topological polar surface area (TPSA) is 62.7 Å². The first-order chi connectivity index (χ1) is 17.6. The van der Waals surface area contributed by atoms with Gasteiger partial charge >= 0.3 is 5.97 Å². The molecule has 1 aliphatic heterocycles. The van der Waals surface area contributed by atoms with Crippen LogP contribution in [0, 0.1) is 5.92 Å². The van der Waals surface area contributed by atoms with Crippen LogP contribution in [-0.4, -0.2) is 42.4 Å². The number of aryl methyl sites for hydroxylation is 1. The van der Waals surface area contributed by atoms with Crippen LogP contribution in [0.25, 0.3) is 11.1 Å². The third-order valence-electron chi connectivity index (χ3n) is 7.20. The van der Waals surface area contributed by atoms with Gasteiger partial charge in [0.05, 0.1) is 23.9 Å². The minimum Gasteiger partial charge on any atom is -0.481 e. The molecule has 5 nitrogen and oxygen atoms in total. The van der Waals surface area contributed by atoms with Crippen molar-refractivity contribution in [1.29, 1.82) is 0 Å². The highest BCUT2D eigenvalue weighted by Crippen LogP contribution is 2.46. The number of morpholine rings is 1. The highest BCUT2D eigenvalue weighted by atomic mass is 35.5. The van der Waals surface area contributed by atoms with Crippen LogP contribution >= 0.6 is 11.6 Å². The molecule has 2 heterocycles. The van der Waals surface area contributed by atoms with E-state index in [1.54, 1.807) is 0 Å². The Morgan fingerprint density at radius 3 is 2.25 bits per heavy atom. The van der Waals surface area contributed by atoms with Gasteiger partial charge < -0.3 is 14.7 Å². The number of carboxylic acids is 1. The third-order valence-corrected chi connectivity index (χ3v) is 7.50. The number of benzene rings is 2. The molecule has 0 unspecified atom stereocenters. The average Bonchev–Trinajstić information content (AvgIpc) is 2.88. The van der Waals surface area contributed by atoms with Crippen LogP contribution in [0.4, 0.5) is 5.69 Å². The molecular formula is C30H31ClN2O3. The lowest BCUT2D eigenvalue weighted by molar-refractivity contribution is -0.136. The number of allylic oxidation sites excluding steroid dienone is 1. The fraction of sp³-hybridized carbons (Fsp3) is 0.333. The first-order valence-electron chi connectivity index (χ1n) is 12.7. The minimum absolute atomic E-state index is 0.127. The van der Waals surface area contributed by atoms with Crippen molar-refractivity contribution in [1.82, 2.24) is 4.98 Å². The van der Waals surface area contributed by atoms with Crippen LogP contribution < -0.4 is 4.90 Å². The van der Waals surface area contributed by atoms with Crippen molar-refractivity contribution in [2.24, 2.45) is 5.92 Å². The van der Waals surface area contributed by atoms with Gasteiger partial charge in [-0.1, -0.05) is 54.4 Å². The van der Waals surface area contributed by atoms with Crippen LogP contribution in [0.2, 0.25) is 5.02 Å². The van der Waals surface area contributed by atoms with Gasteiger partial charge in [-0.05, 0) is 77.3 Å². The van der Waals surface area contributed by atoms with Gasteiger partial charge in [-0.2, -0.15) is 0 Å². The van der Waals surface area contributed by atoms with Crippen molar-refractivity contribution in [3.8, 4) is 0 Å². The Morgan fingerprint density at radius 1 is 1.00 bits per heavy atom. The molecule has 5 rings (SSSR count). The van der Waals surface area contributed by atoms with Gasteiger partial charge in [0.15, 0.2) is 0 Å². The molecule has 6 heteroatoms. The summed E-state index contributed by atoms with van der Waals surface area (Å²) in [5.74, 6) is -0.380. The maximum absolute atomic E-state index is 11.0. The Bertz CT molecular complexity index is 1230. The average molecular weight is 503 g/mol. The van der Waals surface area contributed by atoms with E-state index < -0.39 is 5.97 Å². The van der Waals surface area contributed by atoms with E-state index in [4.69, 9.17) is 26.4 Å². The van der Waals surface area contributed by atoms with E-state index in [-0.39, 0.29) is 6.42 Å². The quantitative estimate of drug-likeness (QED) is 0.389. The summed E-state index contributed by atoms with van der Waals surface area (Å²) in [6.45, 7) is 3.31. The first-order valence-corrected chi connectivity index (χ1v) is 13.1. The molecule has 0 amide bonds. The Morgan fingerprint density at radius 2 is 1.67 bits per heavy atom. The predicted molar refractivity (Wildman–Crippen MR) is 144 cm³/mol. The van der Waals surface area contributed by atoms with Crippen molar-refractivity contribution < 1.29 is 14.6 Å². The number of anilines is 1. The van der Waals surface area contributed by atoms with Gasteiger partial charge in [-0.3, -0.25) is 9.78 Å². The molecule has 1 saturated carbocycles. The Labute approximate surface area is 217 Å². The third kappa shape index (κ3) is 5.48. The summed E-state index contributed by atoms with van der Waals surface area (Å²) in [5.41, 5.74) is 7.65. The second kappa shape index (κ2) is 11.3. The van der Waals surface area contributed by atoms with Crippen LogP contribution in [0.3, 0.4) is 0 Å². The van der Waals surface area contributed by atoms with Crippen molar-refractivity contribution in [3.05, 3.63) is 94.3 Å². The second-order valence-corrected chi connectivity index (χ2v) is 9.89. The van der Waals surface area contributed by atoms with Gasteiger partial charge in [0, 0.05) is 31.4 Å². The lowest BCUT2D eigenvalue weighted by Gasteiger charge is -2.32. The molecule has 0 radical (unpaired) electrons. The summed E-state index contributed by atoms with van der Waals surface area (Å²) in [7, 11) is 0. The number of pyridine rings is 1. The molecule has 0 spiro atoms. The maximum Gasteiger partial charge on any atom is 0.303 e. The van der Waals surface area contributed by atoms with Gasteiger partial charge in [-0.15, -0.1) is 0 Å². The summed E-state index contributed by atoms with van der Waals surface area (Å²) in [6, 6.07) is 20.9. The number of ether oxygens (including phenoxy) is 1. The number of halogens is 1. The molecular weight excluding hydrogens is 472 g/mol. The van der Waals surface area contributed by atoms with Crippen molar-refractivity contribution >= 4 is 34.4 Å². The number of nitrogens with zero attached hydrogens (tertiary/aromatic N) is 2. The number of hydrogen-bond donors (Lipinski definition) is 1. The minimum atomic E-state index is -0.780. The summed E-state index contributed by atoms with van der Waals surface area (Å²) >= 11 is 6.72. The van der Waals surface area contributed by atoms with Crippen molar-refractivity contribution in [2.45, 2.75) is 32.1 Å². The van der Waals surface area contributed by atoms with E-state index in [9.17, 15) is 4.79 Å². The molecule has 3 aromatic rings. The zero-order valence-electron chi connectivity index (χ0n) is 20.3. The number of rotatable bonds is 8. The normalized spacial score (nSPS) is 16.9. The molecule has 36 heavy (non-hydrogen) atoms. The highest BCUT2D eigenvalue weighted by molar-refractivity contribution is 6.32. The second-order valence-electron chi connectivity index (χ2n) is 9.49. The fourth-order valence-electron chi connectivity index (χ4n) is 5.02. The van der Waals surface area contributed by atoms with E-state index in [1.807, 2.05) is 30.5 Å². The molecule has 1 N–H and O–H groups in total. The number of carbonyl (C=O) groups is 1. The zero-order chi connectivity index (χ0) is 24.9. The molecule has 0 bridgehead atoms. The molecule has 2 aromatic carbocycles. The standard InChI is InChI=1S/C30H31ClN2O3/c31-26-5-2-16-32-30(26)29(22-3-1-4-22)28(23-9-6-21(7-10-23)8-15-27(34)35)24-11-13-25(14-12-24)33-17-19-36-20-18-33/h2,5-7,9-14,16,22H,1,3-4,8,15,17-20H2,(H,34,35)/b29-28+. The molecule has 1 aliphatic carbocycles. The Hall–Kier alpha value is -3.15. The van der Waals surface area contributed by atoms with E-state index in [1.165, 1.54) is 17.7 Å². The molecule has 186 valence electrons. The van der Waals surface area contributed by atoms with E-state index in [2.05, 4.69) is 41.3 Å². The summed E-state index contributed by atoms with van der Waals surface area (Å²) in [6.07, 6.45) is 5.90. The van der Waals surface area contributed by atoms with Crippen LogP contribution in [0.1, 0.15) is 48.1 Å². The highest BCUT2D eigenvalue weighted by Gasteiger charge is 2.29. The van der Waals surface area contributed by atoms with Crippen LogP contribution in [0.5, 0.6) is 0 Å². The lowest BCUT2D eigenvalue weighted by Crippen LogP contribution is -2.36. The van der Waals surface area contributed by atoms with Crippen molar-refractivity contribution in [3.63, 3.8) is 0 Å². The molecule has 1 aromatic heterocycles. The van der Waals surface area contributed by atoms with Gasteiger partial charge in [0.2, 0.25) is 0 Å². The predicted octanol–water partition coefficient (Wildman–Crippen LogP) is 6.35. The van der Waals surface area contributed by atoms with Crippen LogP contribution in [0.15, 0.2) is 66.9 Å². The number of aromatic nitrogens is 1. The molecule has 0 atom stereocenters. The Balaban J connectivity index is 1.60. The molecule has 2 fully saturated rings. The number of carboxylic acid groups (broad SMARTS) is 1. The first kappa shape index (κ1) is 24.5. The molecule has 2 aliphatic rings. The Kier molecular flexibility index (Phi) is 7.69. The molecule has 1 saturated heterocycles. The monoisotopic (exact) mass is 502 g/mol. The van der Waals surface area contributed by atoms with Gasteiger partial charge in [0.25, 0.3) is 0 Å². The van der Waals surface area contributed by atoms with Crippen molar-refractivity contribution in [2.75, 3.05) is 31.2 Å². The smallest absolute Gasteiger partial charge is 0.303 e. The van der Waals surface area contributed by atoms with Gasteiger partial charge in [0.1, 0.15) is 0 Å². The van der Waals surface area contributed by atoms with Gasteiger partial charge in [-0.25, -0.2) is 0 Å². The number of hydrogen-bond acceptors (Lipinski definition) is 4. The van der Waals surface area contributed by atoms with E-state index in [0.29, 0.717) is 17.4 Å². The van der Waals surface area contributed by atoms with Crippen LogP contribution in [-0.2, 0) is 16.0 Å². The largest absolute Gasteiger partial charge is 0.481 e. The van der Waals surface area contributed by atoms with E-state index in [0.717, 1.165) is 67.1 Å². The summed E-state index contributed by atoms with van der Waals surface area (Å²) < 4.78 is 5.52.